The lowest BCUT2D eigenvalue weighted by molar-refractivity contribution is -0.127. The zero-order valence-corrected chi connectivity index (χ0v) is 17.8. The van der Waals surface area contributed by atoms with Gasteiger partial charge in [-0.1, -0.05) is 30.3 Å². The average Bonchev–Trinajstić information content (AvgIpc) is 3.30. The van der Waals surface area contributed by atoms with E-state index in [4.69, 9.17) is 14.2 Å². The van der Waals surface area contributed by atoms with E-state index in [1.54, 1.807) is 19.2 Å². The molecule has 1 heterocycles. The van der Waals surface area contributed by atoms with Gasteiger partial charge in [-0.3, -0.25) is 9.69 Å². The number of nitrogens with zero attached hydrogens (tertiary/aromatic N) is 1. The first-order valence-corrected chi connectivity index (χ1v) is 10.7. The lowest BCUT2D eigenvalue weighted by Crippen LogP contribution is -2.36. The van der Waals surface area contributed by atoms with Crippen molar-refractivity contribution in [1.82, 2.24) is 10.2 Å². The van der Waals surface area contributed by atoms with Crippen LogP contribution in [-0.4, -0.2) is 64.0 Å². The first kappa shape index (κ1) is 21.7. The van der Waals surface area contributed by atoms with Gasteiger partial charge in [0.15, 0.2) is 0 Å². The molecule has 1 fully saturated rings. The van der Waals surface area contributed by atoms with Gasteiger partial charge in [0.25, 0.3) is 0 Å². The third kappa shape index (κ3) is 5.23. The van der Waals surface area contributed by atoms with Gasteiger partial charge in [0, 0.05) is 44.6 Å². The van der Waals surface area contributed by atoms with Gasteiger partial charge in [-0.25, -0.2) is 4.39 Å². The number of carbonyl (C=O) groups is 1. The molecule has 0 spiro atoms. The summed E-state index contributed by atoms with van der Waals surface area (Å²) in [4.78, 5) is 14.8. The minimum atomic E-state index is -0.297. The quantitative estimate of drug-likeness (QED) is 0.590. The Kier molecular flexibility index (Phi) is 7.17. The summed E-state index contributed by atoms with van der Waals surface area (Å²) in [5.74, 6) is 0.835. The minimum absolute atomic E-state index is 0.0196. The van der Waals surface area contributed by atoms with Crippen molar-refractivity contribution < 1.29 is 23.4 Å². The molecule has 3 atom stereocenters. The molecule has 4 rings (SSSR count). The van der Waals surface area contributed by atoms with Gasteiger partial charge < -0.3 is 19.5 Å². The smallest absolute Gasteiger partial charge is 0.246 e. The lowest BCUT2D eigenvalue weighted by atomic mass is 9.94. The van der Waals surface area contributed by atoms with E-state index in [2.05, 4.69) is 28.4 Å². The highest BCUT2D eigenvalue weighted by molar-refractivity contribution is 5.78. The van der Waals surface area contributed by atoms with Gasteiger partial charge in [0.1, 0.15) is 24.8 Å². The highest BCUT2D eigenvalue weighted by Gasteiger charge is 2.46. The van der Waals surface area contributed by atoms with Crippen molar-refractivity contribution in [1.29, 1.82) is 0 Å². The molecule has 6 nitrogen and oxygen atoms in total. The molecule has 2 aliphatic rings. The third-order valence-corrected chi connectivity index (χ3v) is 6.05. The molecule has 0 saturated carbocycles. The Morgan fingerprint density at radius 1 is 1.10 bits per heavy atom. The lowest BCUT2D eigenvalue weighted by Gasteiger charge is -2.23. The number of ether oxygens (including phenoxy) is 3. The number of carbonyl (C=O) groups excluding carboxylic acids is 1. The highest BCUT2D eigenvalue weighted by atomic mass is 19.1. The Balaban J connectivity index is 1.34. The summed E-state index contributed by atoms with van der Waals surface area (Å²) in [5.41, 5.74) is 2.52. The number of methoxy groups -OCH3 is 1. The number of hydrogen-bond acceptors (Lipinski definition) is 5. The maximum Gasteiger partial charge on any atom is 0.246 e. The van der Waals surface area contributed by atoms with Crippen molar-refractivity contribution in [3.8, 4) is 5.75 Å². The van der Waals surface area contributed by atoms with Crippen LogP contribution in [0.4, 0.5) is 4.39 Å². The zero-order valence-electron chi connectivity index (χ0n) is 17.8. The van der Waals surface area contributed by atoms with Crippen LogP contribution in [0.2, 0.25) is 0 Å². The van der Waals surface area contributed by atoms with Crippen molar-refractivity contribution >= 4 is 5.91 Å². The molecule has 166 valence electrons. The number of nitrogens with one attached hydrogen (secondary N) is 1. The number of benzene rings is 2. The van der Waals surface area contributed by atoms with E-state index in [-0.39, 0.29) is 24.4 Å². The van der Waals surface area contributed by atoms with Crippen molar-refractivity contribution in [2.24, 2.45) is 5.92 Å². The summed E-state index contributed by atoms with van der Waals surface area (Å²) in [7, 11) is 1.61. The molecule has 0 aromatic heterocycles. The number of hydrogen-bond donors (Lipinski definition) is 1. The highest BCUT2D eigenvalue weighted by Crippen LogP contribution is 2.49. The van der Waals surface area contributed by atoms with Crippen LogP contribution in [0.15, 0.2) is 48.5 Å². The number of amides is 1. The molecule has 1 aliphatic heterocycles. The van der Waals surface area contributed by atoms with E-state index in [1.165, 1.54) is 23.3 Å². The SMILES string of the molecule is COCCOCC(=O)N[C@@H]1c2ccccc2[C@@H]2CN(CCOc3cccc(F)c3)C[C@H]12. The van der Waals surface area contributed by atoms with Crippen molar-refractivity contribution in [2.75, 3.05) is 53.2 Å². The van der Waals surface area contributed by atoms with Gasteiger partial charge >= 0.3 is 0 Å². The van der Waals surface area contributed by atoms with Crippen LogP contribution >= 0.6 is 0 Å². The van der Waals surface area contributed by atoms with Crippen LogP contribution in [0.5, 0.6) is 5.75 Å². The summed E-state index contributed by atoms with van der Waals surface area (Å²) in [6.45, 7) is 3.95. The zero-order chi connectivity index (χ0) is 21.6. The van der Waals surface area contributed by atoms with Crippen LogP contribution in [0, 0.1) is 11.7 Å². The second kappa shape index (κ2) is 10.2. The molecule has 1 aliphatic carbocycles. The Labute approximate surface area is 182 Å². The standard InChI is InChI=1S/C24H29FN2O4/c1-29-11-12-30-16-23(28)26-24-20-8-3-2-7-19(20)21-14-27(15-22(21)24)9-10-31-18-6-4-5-17(25)13-18/h2-8,13,21-22,24H,9-12,14-16H2,1H3,(H,26,28)/t21-,22-,24+/m0/s1. The van der Waals surface area contributed by atoms with E-state index in [0.717, 1.165) is 19.6 Å². The maximum absolute atomic E-state index is 13.3. The normalized spacial score (nSPS) is 22.2. The molecule has 2 aromatic carbocycles. The van der Waals surface area contributed by atoms with Crippen LogP contribution in [0.25, 0.3) is 0 Å². The monoisotopic (exact) mass is 428 g/mol. The molecule has 1 amide bonds. The largest absolute Gasteiger partial charge is 0.492 e. The first-order valence-electron chi connectivity index (χ1n) is 10.7. The molecule has 1 saturated heterocycles. The summed E-state index contributed by atoms with van der Waals surface area (Å²) >= 11 is 0. The fourth-order valence-electron chi connectivity index (χ4n) is 4.68. The topological polar surface area (TPSA) is 60.0 Å². The molecule has 1 N–H and O–H groups in total. The van der Waals surface area contributed by atoms with Gasteiger partial charge in [-0.15, -0.1) is 0 Å². The predicted octanol–water partition coefficient (Wildman–Crippen LogP) is 2.75. The molecule has 2 aromatic rings. The van der Waals surface area contributed by atoms with Crippen LogP contribution < -0.4 is 10.1 Å². The Morgan fingerprint density at radius 3 is 2.74 bits per heavy atom. The van der Waals surface area contributed by atoms with Crippen LogP contribution in [0.3, 0.4) is 0 Å². The number of fused-ring (bicyclic) bond motifs is 3. The third-order valence-electron chi connectivity index (χ3n) is 6.05. The molecule has 7 heteroatoms. The predicted molar refractivity (Wildman–Crippen MR) is 115 cm³/mol. The van der Waals surface area contributed by atoms with E-state index < -0.39 is 0 Å². The Hall–Kier alpha value is -2.48. The molecule has 0 unspecified atom stereocenters. The van der Waals surface area contributed by atoms with Gasteiger partial charge in [-0.2, -0.15) is 0 Å². The molecule has 31 heavy (non-hydrogen) atoms. The maximum atomic E-state index is 13.3. The van der Waals surface area contributed by atoms with E-state index in [0.29, 0.717) is 37.4 Å². The number of halogens is 1. The van der Waals surface area contributed by atoms with Crippen LogP contribution in [0.1, 0.15) is 23.1 Å². The van der Waals surface area contributed by atoms with Crippen molar-refractivity contribution in [2.45, 2.75) is 12.0 Å². The fraction of sp³-hybridized carbons (Fsp3) is 0.458. The molecular formula is C24H29FN2O4. The summed E-state index contributed by atoms with van der Waals surface area (Å²) in [6.07, 6.45) is 0. The fourth-order valence-corrected chi connectivity index (χ4v) is 4.68. The van der Waals surface area contributed by atoms with Crippen LogP contribution in [-0.2, 0) is 14.3 Å². The van der Waals surface area contributed by atoms with Crippen molar-refractivity contribution in [3.63, 3.8) is 0 Å². The Morgan fingerprint density at radius 2 is 1.94 bits per heavy atom. The molecule has 0 bridgehead atoms. The number of rotatable bonds is 10. The van der Waals surface area contributed by atoms with E-state index >= 15 is 0 Å². The summed E-state index contributed by atoms with van der Waals surface area (Å²) in [5, 5.41) is 3.19. The summed E-state index contributed by atoms with van der Waals surface area (Å²) < 4.78 is 29.4. The second-order valence-electron chi connectivity index (χ2n) is 8.06. The van der Waals surface area contributed by atoms with E-state index in [9.17, 15) is 9.18 Å². The average molecular weight is 429 g/mol. The molecule has 0 radical (unpaired) electrons. The summed E-state index contributed by atoms with van der Waals surface area (Å²) in [6, 6.07) is 14.6. The van der Waals surface area contributed by atoms with Crippen molar-refractivity contribution in [3.05, 3.63) is 65.5 Å². The number of likely N-dealkylation sites (tertiary alicyclic amines) is 1. The minimum Gasteiger partial charge on any atom is -0.492 e. The molecular weight excluding hydrogens is 399 g/mol. The second-order valence-corrected chi connectivity index (χ2v) is 8.06. The van der Waals surface area contributed by atoms with Gasteiger partial charge in [0.05, 0.1) is 19.3 Å². The van der Waals surface area contributed by atoms with Gasteiger partial charge in [0.2, 0.25) is 5.91 Å². The van der Waals surface area contributed by atoms with Gasteiger partial charge in [-0.05, 0) is 23.3 Å². The van der Waals surface area contributed by atoms with E-state index in [1.807, 2.05) is 6.07 Å². The first-order chi connectivity index (χ1) is 15.2. The Bertz CT molecular complexity index is 893.